The molecule has 2 heterocycles. The Bertz CT molecular complexity index is 1110. The minimum Gasteiger partial charge on any atom is -0.497 e. The third-order valence-corrected chi connectivity index (χ3v) is 4.51. The standard InChI is InChI=1S/C19H14BrN3O2/c1-25-15-7-5-12(6-8-15)17-10-18(24)23-19(22-17)16(11-21-23)13-3-2-4-14(20)9-13/h2-11,21H,1H3. The first-order valence-electron chi connectivity index (χ1n) is 7.67. The number of nitrogens with zero attached hydrogens (tertiary/aromatic N) is 2. The summed E-state index contributed by atoms with van der Waals surface area (Å²) in [4.78, 5) is 17.2. The highest BCUT2D eigenvalue weighted by Crippen LogP contribution is 2.27. The molecule has 0 aliphatic rings. The van der Waals surface area contributed by atoms with Gasteiger partial charge in [-0.2, -0.15) is 0 Å². The zero-order chi connectivity index (χ0) is 17.4. The van der Waals surface area contributed by atoms with Crippen LogP contribution in [-0.2, 0) is 0 Å². The molecule has 2 aromatic heterocycles. The van der Waals surface area contributed by atoms with Crippen molar-refractivity contribution in [1.82, 2.24) is 14.6 Å². The van der Waals surface area contributed by atoms with E-state index in [4.69, 9.17) is 9.72 Å². The van der Waals surface area contributed by atoms with Gasteiger partial charge >= 0.3 is 0 Å². The molecule has 0 bridgehead atoms. The van der Waals surface area contributed by atoms with Crippen LogP contribution in [0.4, 0.5) is 0 Å². The van der Waals surface area contributed by atoms with E-state index >= 15 is 0 Å². The summed E-state index contributed by atoms with van der Waals surface area (Å²) in [6.45, 7) is 0. The maximum Gasteiger partial charge on any atom is 0.273 e. The van der Waals surface area contributed by atoms with Gasteiger partial charge in [0.25, 0.3) is 5.56 Å². The molecule has 0 amide bonds. The molecule has 0 radical (unpaired) electrons. The summed E-state index contributed by atoms with van der Waals surface area (Å²) in [7, 11) is 1.62. The first-order valence-corrected chi connectivity index (χ1v) is 8.46. The first kappa shape index (κ1) is 15.7. The van der Waals surface area contributed by atoms with Crippen LogP contribution < -0.4 is 10.3 Å². The summed E-state index contributed by atoms with van der Waals surface area (Å²) in [5.41, 5.74) is 3.78. The molecular weight excluding hydrogens is 382 g/mol. The van der Waals surface area contributed by atoms with E-state index < -0.39 is 0 Å². The highest BCUT2D eigenvalue weighted by atomic mass is 79.9. The monoisotopic (exact) mass is 395 g/mol. The molecule has 0 unspecified atom stereocenters. The lowest BCUT2D eigenvalue weighted by atomic mass is 10.1. The molecule has 0 fully saturated rings. The molecule has 1 N–H and O–H groups in total. The Morgan fingerprint density at radius 1 is 1.08 bits per heavy atom. The molecule has 4 aromatic rings. The quantitative estimate of drug-likeness (QED) is 0.567. The fraction of sp³-hybridized carbons (Fsp3) is 0.0526. The minimum absolute atomic E-state index is 0.155. The Labute approximate surface area is 152 Å². The molecule has 0 aliphatic heterocycles. The number of aromatic amines is 1. The van der Waals surface area contributed by atoms with E-state index in [0.717, 1.165) is 26.9 Å². The lowest BCUT2D eigenvalue weighted by Gasteiger charge is -2.05. The van der Waals surface area contributed by atoms with Gasteiger partial charge in [-0.3, -0.25) is 9.89 Å². The second kappa shape index (κ2) is 6.22. The van der Waals surface area contributed by atoms with Crippen molar-refractivity contribution in [3.8, 4) is 28.1 Å². The average molecular weight is 396 g/mol. The van der Waals surface area contributed by atoms with Crippen LogP contribution in [0.5, 0.6) is 5.75 Å². The van der Waals surface area contributed by atoms with E-state index in [1.807, 2.05) is 48.5 Å². The van der Waals surface area contributed by atoms with E-state index in [-0.39, 0.29) is 5.56 Å². The van der Waals surface area contributed by atoms with Gasteiger partial charge in [0, 0.05) is 27.9 Å². The van der Waals surface area contributed by atoms with Crippen LogP contribution in [0.3, 0.4) is 0 Å². The number of fused-ring (bicyclic) bond motifs is 1. The van der Waals surface area contributed by atoms with Crippen LogP contribution in [-0.4, -0.2) is 21.7 Å². The van der Waals surface area contributed by atoms with Crippen molar-refractivity contribution >= 4 is 21.6 Å². The molecule has 124 valence electrons. The van der Waals surface area contributed by atoms with Crippen LogP contribution in [0.15, 0.2) is 70.1 Å². The zero-order valence-corrected chi connectivity index (χ0v) is 14.9. The second-order valence-corrected chi connectivity index (χ2v) is 6.48. The fourth-order valence-electron chi connectivity index (χ4n) is 2.76. The van der Waals surface area contributed by atoms with Gasteiger partial charge in [-0.25, -0.2) is 9.50 Å². The molecular formula is C19H14BrN3O2. The Morgan fingerprint density at radius 2 is 1.88 bits per heavy atom. The van der Waals surface area contributed by atoms with E-state index in [0.29, 0.717) is 11.3 Å². The third-order valence-electron chi connectivity index (χ3n) is 4.02. The van der Waals surface area contributed by atoms with Crippen molar-refractivity contribution in [3.05, 3.63) is 75.6 Å². The molecule has 5 nitrogen and oxygen atoms in total. The van der Waals surface area contributed by atoms with Crippen molar-refractivity contribution in [2.45, 2.75) is 0 Å². The highest BCUT2D eigenvalue weighted by molar-refractivity contribution is 9.10. The van der Waals surface area contributed by atoms with Crippen molar-refractivity contribution < 1.29 is 4.74 Å². The van der Waals surface area contributed by atoms with Gasteiger partial charge in [-0.15, -0.1) is 0 Å². The lowest BCUT2D eigenvalue weighted by molar-refractivity contribution is 0.415. The maximum absolute atomic E-state index is 12.5. The average Bonchev–Trinajstić information content (AvgIpc) is 3.06. The Morgan fingerprint density at radius 3 is 2.60 bits per heavy atom. The van der Waals surface area contributed by atoms with E-state index in [9.17, 15) is 4.79 Å². The van der Waals surface area contributed by atoms with Gasteiger partial charge in [-0.1, -0.05) is 28.1 Å². The van der Waals surface area contributed by atoms with E-state index in [1.165, 1.54) is 10.6 Å². The van der Waals surface area contributed by atoms with Crippen LogP contribution in [0.25, 0.3) is 28.0 Å². The number of hydrogen-bond donors (Lipinski definition) is 1. The van der Waals surface area contributed by atoms with Gasteiger partial charge in [0.05, 0.1) is 12.8 Å². The van der Waals surface area contributed by atoms with Gasteiger partial charge in [0.2, 0.25) is 0 Å². The van der Waals surface area contributed by atoms with Crippen LogP contribution in [0.1, 0.15) is 0 Å². The number of nitrogens with one attached hydrogen (secondary N) is 1. The van der Waals surface area contributed by atoms with Gasteiger partial charge in [0.15, 0.2) is 5.65 Å². The zero-order valence-electron chi connectivity index (χ0n) is 13.4. The van der Waals surface area contributed by atoms with Crippen LogP contribution in [0.2, 0.25) is 0 Å². The SMILES string of the molecule is COc1ccc(-c2cc(=O)n3[nH]cc(-c4cccc(Br)c4)c3n2)cc1. The third kappa shape index (κ3) is 2.85. The minimum atomic E-state index is -0.155. The summed E-state index contributed by atoms with van der Waals surface area (Å²) in [5, 5.41) is 2.98. The fourth-order valence-corrected chi connectivity index (χ4v) is 3.16. The van der Waals surface area contributed by atoms with Crippen molar-refractivity contribution in [2.24, 2.45) is 0 Å². The smallest absolute Gasteiger partial charge is 0.273 e. The summed E-state index contributed by atoms with van der Waals surface area (Å²) in [5.74, 6) is 0.762. The van der Waals surface area contributed by atoms with E-state index in [1.54, 1.807) is 13.3 Å². The molecule has 0 aliphatic carbocycles. The largest absolute Gasteiger partial charge is 0.497 e. The highest BCUT2D eigenvalue weighted by Gasteiger charge is 2.12. The Kier molecular flexibility index (Phi) is 3.89. The lowest BCUT2D eigenvalue weighted by Crippen LogP contribution is -2.14. The normalized spacial score (nSPS) is 11.0. The molecule has 4 rings (SSSR count). The maximum atomic E-state index is 12.5. The number of H-pyrrole nitrogens is 1. The van der Waals surface area contributed by atoms with Crippen molar-refractivity contribution in [3.63, 3.8) is 0 Å². The molecule has 0 saturated heterocycles. The molecule has 0 atom stereocenters. The number of rotatable bonds is 3. The van der Waals surface area contributed by atoms with E-state index in [2.05, 4.69) is 21.0 Å². The second-order valence-electron chi connectivity index (χ2n) is 5.56. The molecule has 2 aromatic carbocycles. The number of hydrogen-bond acceptors (Lipinski definition) is 3. The van der Waals surface area contributed by atoms with Crippen molar-refractivity contribution in [1.29, 1.82) is 0 Å². The first-order chi connectivity index (χ1) is 12.2. The van der Waals surface area contributed by atoms with Crippen LogP contribution >= 0.6 is 15.9 Å². The number of benzene rings is 2. The summed E-state index contributed by atoms with van der Waals surface area (Å²) >= 11 is 3.48. The topological polar surface area (TPSA) is 59.4 Å². The van der Waals surface area contributed by atoms with Crippen LogP contribution in [0, 0.1) is 0 Å². The summed E-state index contributed by atoms with van der Waals surface area (Å²) in [6.07, 6.45) is 1.79. The van der Waals surface area contributed by atoms with Gasteiger partial charge in [-0.05, 0) is 42.0 Å². The van der Waals surface area contributed by atoms with Gasteiger partial charge < -0.3 is 4.74 Å². The molecule has 0 spiro atoms. The van der Waals surface area contributed by atoms with Crippen molar-refractivity contribution in [2.75, 3.05) is 7.11 Å². The molecule has 25 heavy (non-hydrogen) atoms. The molecule has 6 heteroatoms. The predicted octanol–water partition coefficient (Wildman–Crippen LogP) is 4.13. The summed E-state index contributed by atoms with van der Waals surface area (Å²) < 4.78 is 7.60. The number of aromatic nitrogens is 3. The Hall–Kier alpha value is -2.86. The number of ether oxygens (including phenoxy) is 1. The number of halogens is 1. The molecule has 0 saturated carbocycles. The summed E-state index contributed by atoms with van der Waals surface area (Å²) in [6, 6.07) is 16.9. The van der Waals surface area contributed by atoms with Gasteiger partial charge in [0.1, 0.15) is 5.75 Å². The number of methoxy groups -OCH3 is 1. The predicted molar refractivity (Wildman–Crippen MR) is 101 cm³/mol. The Balaban J connectivity index is 1.90.